The van der Waals surface area contributed by atoms with E-state index in [1.54, 1.807) is 0 Å². The molecule has 3 N–H and O–H groups in total. The van der Waals surface area contributed by atoms with Gasteiger partial charge in [-0.15, -0.1) is 0 Å². The maximum atomic E-state index is 11.1. The Labute approximate surface area is 250 Å². The molecule has 0 aromatic carbocycles. The number of aliphatic hydroxyl groups is 3. The first-order valence-corrected chi connectivity index (χ1v) is 17.8. The van der Waals surface area contributed by atoms with Crippen LogP contribution in [0.25, 0.3) is 0 Å². The van der Waals surface area contributed by atoms with E-state index in [2.05, 4.69) is 34.6 Å². The van der Waals surface area contributed by atoms with Crippen LogP contribution in [-0.2, 0) is 0 Å². The van der Waals surface area contributed by atoms with E-state index >= 15 is 0 Å². The van der Waals surface area contributed by atoms with E-state index in [4.69, 9.17) is 6.58 Å². The highest BCUT2D eigenvalue weighted by Crippen LogP contribution is 2.77. The number of nitrogens with zero attached hydrogens (tertiary/aromatic N) is 1. The Hall–Kier alpha value is -0.420. The van der Waals surface area contributed by atoms with Crippen molar-refractivity contribution in [3.05, 3.63) is 12.2 Å². The van der Waals surface area contributed by atoms with Crippen molar-refractivity contribution in [2.24, 2.45) is 62.6 Å². The third kappa shape index (κ3) is 3.78. The third-order valence-electron chi connectivity index (χ3n) is 17.0. The van der Waals surface area contributed by atoms with Gasteiger partial charge in [-0.2, -0.15) is 0 Å². The standard InChI is InChI=1S/C37H62NO3/c1-24(21-38-19-12-25(13-20-38)28(40)22-38)26-9-16-37(23-39)18-17-35(5)27(32(26)37)7-8-30-34(4)14-11-31(41)33(2,3)29(34)10-15-36(30,35)6/h25-32,39-41H,1,7-23H2,2-6H3/q+1/t25?,26-,27?,28?,29?,30?,31-,32?,34-,35+,36+,37+,38?/m0/s1. The Morgan fingerprint density at radius 2 is 1.51 bits per heavy atom. The van der Waals surface area contributed by atoms with Crippen LogP contribution in [0, 0.1) is 62.6 Å². The number of aliphatic hydroxyl groups excluding tert-OH is 3. The van der Waals surface area contributed by atoms with Gasteiger partial charge >= 0.3 is 0 Å². The van der Waals surface area contributed by atoms with Crippen LogP contribution in [-0.4, -0.2) is 64.8 Å². The second-order valence-corrected chi connectivity index (χ2v) is 18.4. The summed E-state index contributed by atoms with van der Waals surface area (Å²) >= 11 is 0. The second kappa shape index (κ2) is 9.30. The Balaban J connectivity index is 1.20. The maximum absolute atomic E-state index is 11.1. The number of fused-ring (bicyclic) bond motifs is 10. The number of piperidine rings is 3. The van der Waals surface area contributed by atoms with E-state index in [0.717, 1.165) is 29.9 Å². The number of quaternary nitrogens is 1. The zero-order chi connectivity index (χ0) is 29.2. The van der Waals surface area contributed by atoms with Crippen LogP contribution >= 0.6 is 0 Å². The SMILES string of the molecule is C=C(C[N+]12CCC(CC1)C(O)C2)[C@@H]1CC[C@]2(CO)CC[C@]3(C)C(CCC4[C@@]5(C)CC[C@H](O)C(C)(C)C5CC[C@]43C)C12. The fourth-order valence-electron chi connectivity index (χ4n) is 14.5. The minimum atomic E-state index is -0.167. The van der Waals surface area contributed by atoms with Crippen LogP contribution in [0.2, 0.25) is 0 Å². The summed E-state index contributed by atoms with van der Waals surface area (Å²) in [5.74, 6) is 3.59. The van der Waals surface area contributed by atoms with Crippen LogP contribution in [0.4, 0.5) is 0 Å². The molecule has 5 saturated carbocycles. The molecule has 0 spiro atoms. The number of rotatable bonds is 4. The fourth-order valence-corrected chi connectivity index (χ4v) is 14.5. The lowest BCUT2D eigenvalue weighted by atomic mass is 9.32. The zero-order valence-corrected chi connectivity index (χ0v) is 27.1. The first kappa shape index (κ1) is 29.3. The van der Waals surface area contributed by atoms with Crippen LogP contribution in [0.5, 0.6) is 0 Å². The van der Waals surface area contributed by atoms with E-state index < -0.39 is 0 Å². The van der Waals surface area contributed by atoms with E-state index in [9.17, 15) is 15.3 Å². The molecule has 232 valence electrons. The summed E-state index contributed by atoms with van der Waals surface area (Å²) in [6.45, 7) is 22.4. The van der Waals surface area contributed by atoms with Gasteiger partial charge in [0.25, 0.3) is 0 Å². The molecule has 5 unspecified atom stereocenters. The van der Waals surface area contributed by atoms with Crippen LogP contribution in [0.15, 0.2) is 12.2 Å². The van der Waals surface area contributed by atoms with Crippen molar-refractivity contribution in [1.29, 1.82) is 0 Å². The summed E-state index contributed by atoms with van der Waals surface area (Å²) in [5, 5.41) is 32.9. The van der Waals surface area contributed by atoms with Gasteiger partial charge in [0.2, 0.25) is 0 Å². The summed E-state index contributed by atoms with van der Waals surface area (Å²) in [6.07, 6.45) is 14.2. The molecule has 5 aliphatic carbocycles. The average Bonchev–Trinajstić information content (AvgIpc) is 3.32. The van der Waals surface area contributed by atoms with E-state index in [1.807, 2.05) is 0 Å². The largest absolute Gasteiger partial charge is 0.396 e. The van der Waals surface area contributed by atoms with Crippen molar-refractivity contribution in [2.75, 3.05) is 32.8 Å². The summed E-state index contributed by atoms with van der Waals surface area (Å²) in [6, 6.07) is 0. The van der Waals surface area contributed by atoms with Gasteiger partial charge in [0.1, 0.15) is 19.2 Å². The third-order valence-corrected chi connectivity index (χ3v) is 17.0. The molecule has 2 bridgehead atoms. The molecular weight excluding hydrogens is 506 g/mol. The van der Waals surface area contributed by atoms with Crippen LogP contribution < -0.4 is 0 Å². The van der Waals surface area contributed by atoms with Gasteiger partial charge in [0.15, 0.2) is 0 Å². The molecule has 3 saturated heterocycles. The lowest BCUT2D eigenvalue weighted by Gasteiger charge is -2.73. The van der Waals surface area contributed by atoms with E-state index in [1.165, 1.54) is 89.3 Å². The number of hydrogen-bond acceptors (Lipinski definition) is 3. The lowest BCUT2D eigenvalue weighted by Crippen LogP contribution is -2.67. The van der Waals surface area contributed by atoms with Crippen molar-refractivity contribution in [3.8, 4) is 0 Å². The quantitative estimate of drug-likeness (QED) is 0.265. The molecule has 11 atom stereocenters. The molecule has 0 aromatic heterocycles. The Bertz CT molecular complexity index is 1060. The zero-order valence-electron chi connectivity index (χ0n) is 27.1. The Morgan fingerprint density at radius 3 is 2.20 bits per heavy atom. The summed E-state index contributed by atoms with van der Waals surface area (Å²) < 4.78 is 1.06. The molecule has 0 aromatic rings. The molecule has 3 aliphatic heterocycles. The molecule has 8 aliphatic rings. The molecule has 41 heavy (non-hydrogen) atoms. The highest BCUT2D eigenvalue weighted by atomic mass is 16.3. The predicted molar refractivity (Wildman–Crippen MR) is 165 cm³/mol. The van der Waals surface area contributed by atoms with E-state index in [0.29, 0.717) is 52.4 Å². The van der Waals surface area contributed by atoms with Gasteiger partial charge in [-0.1, -0.05) is 41.2 Å². The van der Waals surface area contributed by atoms with Gasteiger partial charge < -0.3 is 19.8 Å². The van der Waals surface area contributed by atoms with Gasteiger partial charge in [-0.05, 0) is 126 Å². The van der Waals surface area contributed by atoms with Crippen molar-refractivity contribution in [2.45, 2.75) is 124 Å². The fraction of sp³-hybridized carbons (Fsp3) is 0.946. The van der Waals surface area contributed by atoms with Crippen molar-refractivity contribution >= 4 is 0 Å². The molecule has 8 fully saturated rings. The Morgan fingerprint density at radius 1 is 0.780 bits per heavy atom. The smallest absolute Gasteiger partial charge is 0.106 e. The first-order chi connectivity index (χ1) is 19.3. The van der Waals surface area contributed by atoms with Gasteiger partial charge in [-0.25, -0.2) is 0 Å². The number of hydrogen-bond donors (Lipinski definition) is 3. The van der Waals surface area contributed by atoms with Crippen molar-refractivity contribution in [3.63, 3.8) is 0 Å². The van der Waals surface area contributed by atoms with Gasteiger partial charge in [0.05, 0.1) is 19.2 Å². The molecule has 3 heterocycles. The van der Waals surface area contributed by atoms with Crippen LogP contribution in [0.3, 0.4) is 0 Å². The minimum absolute atomic E-state index is 0.00246. The maximum Gasteiger partial charge on any atom is 0.106 e. The normalized spacial score (nSPS) is 57.3. The van der Waals surface area contributed by atoms with Gasteiger partial charge in [0, 0.05) is 25.4 Å². The topological polar surface area (TPSA) is 60.7 Å². The molecule has 8 rings (SSSR count). The highest BCUT2D eigenvalue weighted by Gasteiger charge is 2.71. The summed E-state index contributed by atoms with van der Waals surface area (Å²) in [4.78, 5) is 0. The van der Waals surface area contributed by atoms with Gasteiger partial charge in [-0.3, -0.25) is 0 Å². The molecule has 0 radical (unpaired) electrons. The molecule has 0 amide bonds. The monoisotopic (exact) mass is 568 g/mol. The summed E-state index contributed by atoms with van der Waals surface area (Å²) in [7, 11) is 0. The Kier molecular flexibility index (Phi) is 6.65. The van der Waals surface area contributed by atoms with Crippen LogP contribution in [0.1, 0.15) is 112 Å². The molecular formula is C37H62NO3+. The average molecular weight is 569 g/mol. The first-order valence-electron chi connectivity index (χ1n) is 17.8. The lowest BCUT2D eigenvalue weighted by molar-refractivity contribution is -0.942. The second-order valence-electron chi connectivity index (χ2n) is 18.4. The molecule has 4 heteroatoms. The van der Waals surface area contributed by atoms with E-state index in [-0.39, 0.29) is 23.0 Å². The summed E-state index contributed by atoms with van der Waals surface area (Å²) in [5.41, 5.74) is 2.45. The minimum Gasteiger partial charge on any atom is -0.396 e. The molecule has 4 nitrogen and oxygen atoms in total. The van der Waals surface area contributed by atoms with Crippen molar-refractivity contribution < 1.29 is 19.8 Å². The van der Waals surface area contributed by atoms with Crippen molar-refractivity contribution in [1.82, 2.24) is 0 Å². The highest BCUT2D eigenvalue weighted by molar-refractivity contribution is 5.22. The predicted octanol–water partition coefficient (Wildman–Crippen LogP) is 6.58.